The number of likely N-dealkylation sites (N-methyl/N-ethyl adjacent to an activating group) is 1. The number of hydrogen-bond donors (Lipinski definition) is 3. The highest BCUT2D eigenvalue weighted by atomic mass is 15.3. The van der Waals surface area contributed by atoms with Gasteiger partial charge in [0.2, 0.25) is 17.8 Å². The van der Waals surface area contributed by atoms with Crippen LogP contribution in [0.3, 0.4) is 0 Å². The second-order valence-electron chi connectivity index (χ2n) is 3.96. The highest BCUT2D eigenvalue weighted by Gasteiger charge is 2.08. The highest BCUT2D eigenvalue weighted by molar-refractivity contribution is 5.41. The van der Waals surface area contributed by atoms with Gasteiger partial charge in [0.1, 0.15) is 0 Å². The molecule has 0 aromatic carbocycles. The van der Waals surface area contributed by atoms with E-state index in [1.165, 1.54) is 5.56 Å². The third-order valence-corrected chi connectivity index (χ3v) is 2.60. The first-order chi connectivity index (χ1) is 8.69. The van der Waals surface area contributed by atoms with Crippen molar-refractivity contribution in [1.29, 1.82) is 0 Å². The van der Waals surface area contributed by atoms with Crippen molar-refractivity contribution >= 4 is 17.8 Å². The summed E-state index contributed by atoms with van der Waals surface area (Å²) in [4.78, 5) is 17.3. The summed E-state index contributed by atoms with van der Waals surface area (Å²) < 4.78 is 0. The van der Waals surface area contributed by atoms with Gasteiger partial charge in [-0.3, -0.25) is 0 Å². The average Bonchev–Trinajstić information content (AvgIpc) is 2.88. The first-order valence-electron chi connectivity index (χ1n) is 5.71. The van der Waals surface area contributed by atoms with Gasteiger partial charge in [0.25, 0.3) is 0 Å². The zero-order chi connectivity index (χ0) is 13.0. The molecule has 0 amide bonds. The summed E-state index contributed by atoms with van der Waals surface area (Å²) in [7, 11) is 3.68. The quantitative estimate of drug-likeness (QED) is 0.712. The Hall–Kier alpha value is -2.31. The predicted molar refractivity (Wildman–Crippen MR) is 71.6 cm³/mol. The van der Waals surface area contributed by atoms with E-state index in [1.807, 2.05) is 24.3 Å². The topological polar surface area (TPSA) is 95.7 Å². The molecule has 7 nitrogen and oxygen atoms in total. The summed E-state index contributed by atoms with van der Waals surface area (Å²) in [6.07, 6.45) is 4.81. The second-order valence-corrected chi connectivity index (χ2v) is 3.96. The minimum absolute atomic E-state index is 0.220. The first-order valence-corrected chi connectivity index (χ1v) is 5.71. The van der Waals surface area contributed by atoms with Gasteiger partial charge < -0.3 is 20.9 Å². The number of hydrogen-bond acceptors (Lipinski definition) is 6. The van der Waals surface area contributed by atoms with E-state index in [0.29, 0.717) is 11.9 Å². The summed E-state index contributed by atoms with van der Waals surface area (Å²) in [5.74, 6) is 1.27. The largest absolute Gasteiger partial charge is 0.368 e. The molecule has 0 unspecified atom stereocenters. The molecule has 0 spiro atoms. The van der Waals surface area contributed by atoms with Crippen LogP contribution in [0.25, 0.3) is 0 Å². The molecule has 2 heterocycles. The lowest BCUT2D eigenvalue weighted by Crippen LogP contribution is -2.23. The molecule has 2 rings (SSSR count). The zero-order valence-electron chi connectivity index (χ0n) is 10.5. The Balaban J connectivity index is 2.03. The maximum Gasteiger partial charge on any atom is 0.231 e. The SMILES string of the molecule is CNc1nc(N)nc(N(C)CCc2cc[nH]c2)n1. The molecule has 96 valence electrons. The third kappa shape index (κ3) is 2.88. The summed E-state index contributed by atoms with van der Waals surface area (Å²) in [5.41, 5.74) is 6.88. The van der Waals surface area contributed by atoms with Crippen LogP contribution in [0, 0.1) is 0 Å². The standard InChI is InChI=1S/C11H17N7/c1-13-10-15-9(12)16-11(17-10)18(2)6-4-8-3-5-14-7-8/h3,5,7,14H,4,6H2,1-2H3,(H3,12,13,15,16,17). The van der Waals surface area contributed by atoms with Crippen molar-refractivity contribution in [3.05, 3.63) is 24.0 Å². The lowest BCUT2D eigenvalue weighted by Gasteiger charge is -2.17. The minimum atomic E-state index is 0.220. The molecular formula is C11H17N7. The van der Waals surface area contributed by atoms with Gasteiger partial charge in [0.05, 0.1) is 0 Å². The van der Waals surface area contributed by atoms with Gasteiger partial charge in [0, 0.05) is 33.0 Å². The molecule has 7 heteroatoms. The van der Waals surface area contributed by atoms with E-state index >= 15 is 0 Å². The molecule has 0 aliphatic rings. The van der Waals surface area contributed by atoms with Crippen molar-refractivity contribution in [2.45, 2.75) is 6.42 Å². The van der Waals surface area contributed by atoms with Gasteiger partial charge >= 0.3 is 0 Å². The molecular weight excluding hydrogens is 230 g/mol. The van der Waals surface area contributed by atoms with Crippen LogP contribution < -0.4 is 16.0 Å². The van der Waals surface area contributed by atoms with Gasteiger partial charge in [-0.15, -0.1) is 0 Å². The number of aromatic nitrogens is 4. The Kier molecular flexibility index (Phi) is 3.61. The molecule has 0 saturated carbocycles. The van der Waals surface area contributed by atoms with Crippen LogP contribution >= 0.6 is 0 Å². The fourth-order valence-electron chi connectivity index (χ4n) is 1.57. The molecule has 0 atom stereocenters. The van der Waals surface area contributed by atoms with Crippen molar-refractivity contribution in [3.8, 4) is 0 Å². The normalized spacial score (nSPS) is 10.3. The van der Waals surface area contributed by atoms with Gasteiger partial charge in [0.15, 0.2) is 0 Å². The van der Waals surface area contributed by atoms with Crippen LogP contribution in [0.5, 0.6) is 0 Å². The number of rotatable bonds is 5. The highest BCUT2D eigenvalue weighted by Crippen LogP contribution is 2.10. The number of nitrogens with zero attached hydrogens (tertiary/aromatic N) is 4. The number of H-pyrrole nitrogens is 1. The van der Waals surface area contributed by atoms with Crippen LogP contribution in [-0.4, -0.2) is 40.6 Å². The number of anilines is 3. The molecule has 0 saturated heterocycles. The third-order valence-electron chi connectivity index (χ3n) is 2.60. The van der Waals surface area contributed by atoms with Crippen LogP contribution in [0.4, 0.5) is 17.8 Å². The van der Waals surface area contributed by atoms with E-state index in [4.69, 9.17) is 5.73 Å². The predicted octanol–water partition coefficient (Wildman–Crippen LogP) is 0.502. The molecule has 0 bridgehead atoms. The lowest BCUT2D eigenvalue weighted by atomic mass is 10.2. The Morgan fingerprint density at radius 2 is 2.22 bits per heavy atom. The van der Waals surface area contributed by atoms with Crippen molar-refractivity contribution in [2.75, 3.05) is 36.6 Å². The summed E-state index contributed by atoms with van der Waals surface area (Å²) in [5, 5.41) is 2.86. The summed E-state index contributed by atoms with van der Waals surface area (Å²) in [6.45, 7) is 0.810. The second kappa shape index (κ2) is 5.35. The molecule has 2 aromatic rings. The fraction of sp³-hybridized carbons (Fsp3) is 0.364. The zero-order valence-corrected chi connectivity index (χ0v) is 10.5. The number of nitrogens with two attached hydrogens (primary N) is 1. The maximum atomic E-state index is 5.63. The Labute approximate surface area is 105 Å². The van der Waals surface area contributed by atoms with E-state index in [1.54, 1.807) is 7.05 Å². The van der Waals surface area contributed by atoms with Crippen molar-refractivity contribution in [3.63, 3.8) is 0 Å². The maximum absolute atomic E-state index is 5.63. The Morgan fingerprint density at radius 3 is 2.89 bits per heavy atom. The lowest BCUT2D eigenvalue weighted by molar-refractivity contribution is 0.833. The van der Waals surface area contributed by atoms with Gasteiger partial charge in [-0.1, -0.05) is 0 Å². The molecule has 0 fully saturated rings. The number of nitrogens with one attached hydrogen (secondary N) is 2. The van der Waals surface area contributed by atoms with Crippen LogP contribution in [0.15, 0.2) is 18.5 Å². The van der Waals surface area contributed by atoms with E-state index in [-0.39, 0.29) is 5.95 Å². The fourth-order valence-corrected chi connectivity index (χ4v) is 1.57. The molecule has 2 aromatic heterocycles. The molecule has 0 radical (unpaired) electrons. The van der Waals surface area contributed by atoms with Gasteiger partial charge in [-0.05, 0) is 18.1 Å². The summed E-state index contributed by atoms with van der Waals surface area (Å²) >= 11 is 0. The van der Waals surface area contributed by atoms with Crippen LogP contribution in [0.1, 0.15) is 5.56 Å². The monoisotopic (exact) mass is 247 g/mol. The van der Waals surface area contributed by atoms with Gasteiger partial charge in [-0.25, -0.2) is 0 Å². The van der Waals surface area contributed by atoms with E-state index in [9.17, 15) is 0 Å². The van der Waals surface area contributed by atoms with Crippen LogP contribution in [-0.2, 0) is 6.42 Å². The smallest absolute Gasteiger partial charge is 0.231 e. The minimum Gasteiger partial charge on any atom is -0.368 e. The van der Waals surface area contributed by atoms with Crippen LogP contribution in [0.2, 0.25) is 0 Å². The van der Waals surface area contributed by atoms with Gasteiger partial charge in [-0.2, -0.15) is 15.0 Å². The first kappa shape index (κ1) is 12.2. The molecule has 4 N–H and O–H groups in total. The van der Waals surface area contributed by atoms with Crippen molar-refractivity contribution in [1.82, 2.24) is 19.9 Å². The van der Waals surface area contributed by atoms with Crippen molar-refractivity contribution < 1.29 is 0 Å². The summed E-state index contributed by atoms with van der Waals surface area (Å²) in [6, 6.07) is 2.05. The van der Waals surface area contributed by atoms with E-state index < -0.39 is 0 Å². The molecule has 0 aliphatic carbocycles. The number of nitrogen functional groups attached to an aromatic ring is 1. The Morgan fingerprint density at radius 1 is 1.39 bits per heavy atom. The Bertz CT molecular complexity index is 494. The number of aromatic amines is 1. The van der Waals surface area contributed by atoms with Crippen molar-refractivity contribution in [2.24, 2.45) is 0 Å². The van der Waals surface area contributed by atoms with E-state index in [0.717, 1.165) is 13.0 Å². The van der Waals surface area contributed by atoms with E-state index in [2.05, 4.69) is 31.3 Å². The molecule has 0 aliphatic heterocycles. The average molecular weight is 247 g/mol. The molecule has 18 heavy (non-hydrogen) atoms.